The predicted octanol–water partition coefficient (Wildman–Crippen LogP) is 2.95. The highest BCUT2D eigenvalue weighted by Crippen LogP contribution is 2.24. The van der Waals surface area contributed by atoms with Crippen molar-refractivity contribution in [3.8, 4) is 0 Å². The summed E-state index contributed by atoms with van der Waals surface area (Å²) in [6.07, 6.45) is 3.60. The summed E-state index contributed by atoms with van der Waals surface area (Å²) >= 11 is 6.05. The van der Waals surface area contributed by atoms with Gasteiger partial charge >= 0.3 is 0 Å². The summed E-state index contributed by atoms with van der Waals surface area (Å²) in [5.74, 6) is 1.64. The summed E-state index contributed by atoms with van der Waals surface area (Å²) in [5, 5.41) is 8.49. The summed E-state index contributed by atoms with van der Waals surface area (Å²) < 4.78 is 0. The van der Waals surface area contributed by atoms with Crippen LogP contribution in [0.1, 0.15) is 0 Å². The number of aromatic nitrogens is 3. The molecular formula is C20H24ClN7. The van der Waals surface area contributed by atoms with Gasteiger partial charge in [0.15, 0.2) is 0 Å². The van der Waals surface area contributed by atoms with Crippen molar-refractivity contribution >= 4 is 40.0 Å². The van der Waals surface area contributed by atoms with Crippen molar-refractivity contribution in [2.24, 2.45) is 0 Å². The Balaban J connectivity index is 1.33. The molecule has 1 aliphatic heterocycles. The van der Waals surface area contributed by atoms with Gasteiger partial charge in [-0.2, -0.15) is 4.98 Å². The van der Waals surface area contributed by atoms with Crippen LogP contribution in [0, 0.1) is 0 Å². The van der Waals surface area contributed by atoms with E-state index in [2.05, 4.69) is 42.4 Å². The quantitative estimate of drug-likeness (QED) is 0.619. The number of piperazine rings is 1. The van der Waals surface area contributed by atoms with Crippen LogP contribution < -0.4 is 15.5 Å². The highest BCUT2D eigenvalue weighted by Gasteiger charge is 2.15. The van der Waals surface area contributed by atoms with Crippen molar-refractivity contribution in [2.75, 3.05) is 61.8 Å². The molecule has 3 aromatic rings. The van der Waals surface area contributed by atoms with E-state index in [0.29, 0.717) is 17.5 Å². The summed E-state index contributed by atoms with van der Waals surface area (Å²) in [5.41, 5.74) is 1.92. The van der Waals surface area contributed by atoms with Gasteiger partial charge in [-0.15, -0.1) is 0 Å². The average Bonchev–Trinajstić information content (AvgIpc) is 2.72. The number of hydrogen-bond donors (Lipinski definition) is 2. The Bertz CT molecular complexity index is 941. The van der Waals surface area contributed by atoms with Crippen molar-refractivity contribution in [1.29, 1.82) is 0 Å². The second kappa shape index (κ2) is 8.58. The molecule has 0 radical (unpaired) electrons. The maximum Gasteiger partial charge on any atom is 0.224 e. The molecule has 0 amide bonds. The van der Waals surface area contributed by atoms with Crippen LogP contribution in [0.5, 0.6) is 0 Å². The lowest BCUT2D eigenvalue weighted by molar-refractivity contribution is 0.312. The number of benzene rings is 1. The highest BCUT2D eigenvalue weighted by molar-refractivity contribution is 6.31. The summed E-state index contributed by atoms with van der Waals surface area (Å²) in [6.45, 7) is 5.55. The van der Waals surface area contributed by atoms with Crippen LogP contribution in [0.25, 0.3) is 10.9 Å². The third-order valence-electron chi connectivity index (χ3n) is 4.90. The Labute approximate surface area is 169 Å². The molecule has 3 heterocycles. The molecule has 28 heavy (non-hydrogen) atoms. The molecule has 1 fully saturated rings. The summed E-state index contributed by atoms with van der Waals surface area (Å²) in [7, 11) is 2.15. The maximum absolute atomic E-state index is 6.05. The zero-order valence-corrected chi connectivity index (χ0v) is 16.7. The summed E-state index contributed by atoms with van der Waals surface area (Å²) in [4.78, 5) is 18.0. The fourth-order valence-corrected chi connectivity index (χ4v) is 3.46. The first-order valence-electron chi connectivity index (χ1n) is 9.47. The molecule has 1 aliphatic rings. The van der Waals surface area contributed by atoms with Crippen LogP contribution in [0.4, 0.5) is 17.5 Å². The van der Waals surface area contributed by atoms with Crippen molar-refractivity contribution in [1.82, 2.24) is 19.9 Å². The first kappa shape index (κ1) is 18.7. The van der Waals surface area contributed by atoms with Crippen molar-refractivity contribution in [2.45, 2.75) is 0 Å². The van der Waals surface area contributed by atoms with Crippen LogP contribution in [0.3, 0.4) is 0 Å². The number of nitrogens with zero attached hydrogens (tertiary/aromatic N) is 5. The molecule has 7 nitrogen and oxygen atoms in total. The number of likely N-dealkylation sites (N-methyl/N-ethyl adjacent to an activating group) is 1. The van der Waals surface area contributed by atoms with E-state index < -0.39 is 0 Å². The van der Waals surface area contributed by atoms with Gasteiger partial charge in [-0.05, 0) is 37.4 Å². The number of fused-ring (bicyclic) bond motifs is 1. The number of halogens is 1. The van der Waals surface area contributed by atoms with E-state index in [9.17, 15) is 0 Å². The third-order valence-corrected chi connectivity index (χ3v) is 5.13. The van der Waals surface area contributed by atoms with Gasteiger partial charge in [-0.25, -0.2) is 4.98 Å². The van der Waals surface area contributed by atoms with E-state index in [1.165, 1.54) is 0 Å². The van der Waals surface area contributed by atoms with E-state index >= 15 is 0 Å². The molecule has 8 heteroatoms. The predicted molar refractivity (Wildman–Crippen MR) is 115 cm³/mol. The Morgan fingerprint density at radius 2 is 1.75 bits per heavy atom. The first-order chi connectivity index (χ1) is 13.7. The highest BCUT2D eigenvalue weighted by atomic mass is 35.5. The minimum atomic E-state index is 0.657. The minimum absolute atomic E-state index is 0.657. The fourth-order valence-electron chi connectivity index (χ4n) is 3.29. The molecular weight excluding hydrogens is 374 g/mol. The second-order valence-electron chi connectivity index (χ2n) is 6.90. The molecule has 0 bridgehead atoms. The lowest BCUT2D eigenvalue weighted by Crippen LogP contribution is -2.44. The normalized spacial score (nSPS) is 15.0. The molecule has 2 aromatic heterocycles. The average molecular weight is 398 g/mol. The van der Waals surface area contributed by atoms with E-state index in [4.69, 9.17) is 11.6 Å². The van der Waals surface area contributed by atoms with Gasteiger partial charge in [-0.1, -0.05) is 11.6 Å². The number of rotatable bonds is 6. The lowest BCUT2D eigenvalue weighted by atomic mass is 10.2. The van der Waals surface area contributed by atoms with Crippen molar-refractivity contribution < 1.29 is 0 Å². The number of pyridine rings is 1. The summed E-state index contributed by atoms with van der Waals surface area (Å²) in [6, 6.07) is 9.69. The smallest absolute Gasteiger partial charge is 0.224 e. The van der Waals surface area contributed by atoms with Gasteiger partial charge in [0.05, 0.1) is 5.52 Å². The lowest BCUT2D eigenvalue weighted by Gasteiger charge is -2.33. The number of hydrogen-bond acceptors (Lipinski definition) is 7. The Morgan fingerprint density at radius 1 is 0.964 bits per heavy atom. The molecule has 146 valence electrons. The molecule has 4 rings (SSSR count). The number of anilines is 3. The van der Waals surface area contributed by atoms with Crippen LogP contribution >= 0.6 is 11.6 Å². The molecule has 1 aromatic carbocycles. The van der Waals surface area contributed by atoms with E-state index in [1.807, 2.05) is 36.5 Å². The van der Waals surface area contributed by atoms with Gasteiger partial charge in [0.1, 0.15) is 5.82 Å². The SMILES string of the molecule is CN1CCN(c2ccnc(NCCNc3ccnc4cc(Cl)ccc34)n2)CC1. The van der Waals surface area contributed by atoms with Gasteiger partial charge in [0.25, 0.3) is 0 Å². The molecule has 2 N–H and O–H groups in total. The zero-order valence-electron chi connectivity index (χ0n) is 15.9. The standard InChI is InChI=1S/C20H24ClN7/c1-27-10-12-28(13-11-27)19-5-7-24-20(26-19)25-9-8-23-17-4-6-22-18-14-15(21)2-3-16(17)18/h2-7,14H,8-13H2,1H3,(H,22,23)(H,24,25,26). The molecule has 0 spiro atoms. The van der Waals surface area contributed by atoms with Crippen molar-refractivity contribution in [3.05, 3.63) is 47.7 Å². The Hall–Kier alpha value is -2.64. The van der Waals surface area contributed by atoms with Gasteiger partial charge in [-0.3, -0.25) is 4.98 Å². The fraction of sp³-hybridized carbons (Fsp3) is 0.350. The molecule has 0 saturated carbocycles. The Kier molecular flexibility index (Phi) is 5.73. The van der Waals surface area contributed by atoms with Crippen LogP contribution in [0.15, 0.2) is 42.7 Å². The van der Waals surface area contributed by atoms with Crippen molar-refractivity contribution in [3.63, 3.8) is 0 Å². The zero-order chi connectivity index (χ0) is 19.3. The van der Waals surface area contributed by atoms with E-state index in [0.717, 1.165) is 55.1 Å². The number of nitrogens with one attached hydrogen (secondary N) is 2. The molecule has 0 unspecified atom stereocenters. The van der Waals surface area contributed by atoms with E-state index in [-0.39, 0.29) is 0 Å². The minimum Gasteiger partial charge on any atom is -0.383 e. The van der Waals surface area contributed by atoms with Crippen LogP contribution in [-0.2, 0) is 0 Å². The third kappa shape index (κ3) is 4.43. The second-order valence-corrected chi connectivity index (χ2v) is 7.34. The monoisotopic (exact) mass is 397 g/mol. The maximum atomic E-state index is 6.05. The van der Waals surface area contributed by atoms with Crippen LogP contribution in [0.2, 0.25) is 5.02 Å². The molecule has 0 atom stereocenters. The molecule has 1 saturated heterocycles. The van der Waals surface area contributed by atoms with E-state index in [1.54, 1.807) is 6.20 Å². The molecule has 0 aliphatic carbocycles. The van der Waals surface area contributed by atoms with Crippen LogP contribution in [-0.4, -0.2) is 66.2 Å². The first-order valence-corrected chi connectivity index (χ1v) is 9.85. The topological polar surface area (TPSA) is 69.2 Å². The Morgan fingerprint density at radius 3 is 2.61 bits per heavy atom. The van der Waals surface area contributed by atoms with Gasteiger partial charge in [0.2, 0.25) is 5.95 Å². The van der Waals surface area contributed by atoms with Gasteiger partial charge < -0.3 is 20.4 Å². The van der Waals surface area contributed by atoms with Gasteiger partial charge in [0, 0.05) is 67.8 Å². The largest absolute Gasteiger partial charge is 0.383 e.